The first kappa shape index (κ1) is 25.3. The van der Waals surface area contributed by atoms with Gasteiger partial charge in [0.1, 0.15) is 31.3 Å². The molecule has 0 fully saturated rings. The molecule has 4 rings (SSSR count). The van der Waals surface area contributed by atoms with Gasteiger partial charge in [0.15, 0.2) is 11.5 Å². The Kier molecular flexibility index (Phi) is 7.64. The maximum absolute atomic E-state index is 14.0. The number of nitrogens with one attached hydrogen (secondary N) is 1. The largest absolute Gasteiger partial charge is 0.494 e. The molecule has 8 nitrogen and oxygen atoms in total. The van der Waals surface area contributed by atoms with Gasteiger partial charge < -0.3 is 19.5 Å². The van der Waals surface area contributed by atoms with Gasteiger partial charge in [0, 0.05) is 6.07 Å². The maximum Gasteiger partial charge on any atom is 0.264 e. The Morgan fingerprint density at radius 2 is 1.78 bits per heavy atom. The molecule has 1 N–H and O–H groups in total. The van der Waals surface area contributed by atoms with Gasteiger partial charge in [-0.05, 0) is 61.9 Å². The van der Waals surface area contributed by atoms with Gasteiger partial charge in [-0.25, -0.2) is 12.8 Å². The molecule has 1 heterocycles. The second-order valence-electron chi connectivity index (χ2n) is 8.09. The van der Waals surface area contributed by atoms with Gasteiger partial charge in [0.2, 0.25) is 5.91 Å². The summed E-state index contributed by atoms with van der Waals surface area (Å²) < 4.78 is 58.6. The zero-order valence-electron chi connectivity index (χ0n) is 19.9. The lowest BCUT2D eigenvalue weighted by molar-refractivity contribution is -0.120. The van der Waals surface area contributed by atoms with Crippen molar-refractivity contribution in [3.8, 4) is 17.2 Å². The molecule has 1 amide bonds. The summed E-state index contributed by atoms with van der Waals surface area (Å²) in [6.45, 7) is 4.31. The maximum atomic E-state index is 14.0. The fourth-order valence-electron chi connectivity index (χ4n) is 3.78. The first-order valence-corrected chi connectivity index (χ1v) is 12.9. The van der Waals surface area contributed by atoms with Crippen LogP contribution in [0.2, 0.25) is 0 Å². The number of anilines is 1. The molecule has 36 heavy (non-hydrogen) atoms. The highest BCUT2D eigenvalue weighted by atomic mass is 32.2. The highest BCUT2D eigenvalue weighted by Crippen LogP contribution is 2.34. The molecule has 1 aliphatic heterocycles. The van der Waals surface area contributed by atoms with E-state index in [4.69, 9.17) is 14.2 Å². The third kappa shape index (κ3) is 5.71. The zero-order chi connectivity index (χ0) is 25.7. The van der Waals surface area contributed by atoms with E-state index in [1.54, 1.807) is 19.1 Å². The van der Waals surface area contributed by atoms with Crippen molar-refractivity contribution in [3.63, 3.8) is 0 Å². The van der Waals surface area contributed by atoms with E-state index in [9.17, 15) is 17.6 Å². The Hall–Kier alpha value is -3.79. The van der Waals surface area contributed by atoms with Crippen molar-refractivity contribution >= 4 is 21.6 Å². The summed E-state index contributed by atoms with van der Waals surface area (Å²) in [6.07, 6.45) is 0. The molecule has 0 bridgehead atoms. The topological polar surface area (TPSA) is 94.2 Å². The van der Waals surface area contributed by atoms with E-state index in [-0.39, 0.29) is 22.9 Å². The minimum absolute atomic E-state index is 0.0220. The van der Waals surface area contributed by atoms with Crippen LogP contribution in [0.15, 0.2) is 71.6 Å². The molecule has 0 saturated carbocycles. The van der Waals surface area contributed by atoms with Gasteiger partial charge in [0.05, 0.1) is 23.2 Å². The van der Waals surface area contributed by atoms with E-state index < -0.39 is 34.3 Å². The fraction of sp³-hybridized carbons (Fsp3) is 0.269. The van der Waals surface area contributed by atoms with Crippen LogP contribution < -0.4 is 23.8 Å². The quantitative estimate of drug-likeness (QED) is 0.463. The molecule has 1 unspecified atom stereocenters. The number of fused-ring (bicyclic) bond motifs is 1. The van der Waals surface area contributed by atoms with Crippen LogP contribution in [-0.2, 0) is 14.8 Å². The first-order valence-electron chi connectivity index (χ1n) is 11.5. The van der Waals surface area contributed by atoms with Crippen LogP contribution in [0.25, 0.3) is 0 Å². The Bertz CT molecular complexity index is 1330. The van der Waals surface area contributed by atoms with Crippen molar-refractivity contribution in [2.75, 3.05) is 30.7 Å². The number of benzene rings is 3. The molecule has 0 saturated heterocycles. The lowest BCUT2D eigenvalue weighted by Crippen LogP contribution is -2.41. The number of hydrogen-bond donors (Lipinski definition) is 1. The SMILES string of the molecule is CCOc1ccc(C(C)NC(=O)CN(c2cccc(F)c2)S(=O)(=O)c2ccc3c(c2)OCCO3)cc1. The Labute approximate surface area is 209 Å². The first-order chi connectivity index (χ1) is 17.3. The average molecular weight is 515 g/mol. The predicted octanol–water partition coefficient (Wildman–Crippen LogP) is 4.07. The van der Waals surface area contributed by atoms with Crippen molar-refractivity contribution in [2.24, 2.45) is 0 Å². The number of ether oxygens (including phenoxy) is 3. The van der Waals surface area contributed by atoms with Crippen molar-refractivity contribution in [3.05, 3.63) is 78.1 Å². The smallest absolute Gasteiger partial charge is 0.264 e. The summed E-state index contributed by atoms with van der Waals surface area (Å²) in [5.41, 5.74) is 0.840. The van der Waals surface area contributed by atoms with Crippen molar-refractivity contribution in [1.82, 2.24) is 5.32 Å². The number of halogens is 1. The number of carbonyl (C=O) groups excluding carboxylic acids is 1. The lowest BCUT2D eigenvalue weighted by Gasteiger charge is -2.26. The van der Waals surface area contributed by atoms with Crippen LogP contribution in [0.1, 0.15) is 25.5 Å². The van der Waals surface area contributed by atoms with Crippen LogP contribution >= 0.6 is 0 Å². The molecule has 0 radical (unpaired) electrons. The third-order valence-corrected chi connectivity index (χ3v) is 7.32. The molecular formula is C26H27FN2O6S. The number of hydrogen-bond acceptors (Lipinski definition) is 6. The van der Waals surface area contributed by atoms with E-state index in [0.717, 1.165) is 15.9 Å². The molecule has 1 atom stereocenters. The fourth-order valence-corrected chi connectivity index (χ4v) is 5.21. The van der Waals surface area contributed by atoms with Crippen molar-refractivity contribution < 1.29 is 31.8 Å². The molecule has 1 aliphatic rings. The van der Waals surface area contributed by atoms with E-state index in [0.29, 0.717) is 24.7 Å². The highest BCUT2D eigenvalue weighted by Gasteiger charge is 2.29. The van der Waals surface area contributed by atoms with Crippen LogP contribution in [0.5, 0.6) is 17.2 Å². The summed E-state index contributed by atoms with van der Waals surface area (Å²) in [4.78, 5) is 12.9. The molecule has 3 aromatic rings. The predicted molar refractivity (Wildman–Crippen MR) is 133 cm³/mol. The van der Waals surface area contributed by atoms with Crippen LogP contribution in [0.3, 0.4) is 0 Å². The molecule has 0 spiro atoms. The molecule has 3 aromatic carbocycles. The molecule has 190 valence electrons. The summed E-state index contributed by atoms with van der Waals surface area (Å²) in [6, 6.07) is 16.1. The summed E-state index contributed by atoms with van der Waals surface area (Å²) in [5.74, 6) is 0.247. The van der Waals surface area contributed by atoms with E-state index in [1.807, 2.05) is 19.1 Å². The second-order valence-corrected chi connectivity index (χ2v) is 9.95. The Morgan fingerprint density at radius 1 is 1.06 bits per heavy atom. The monoisotopic (exact) mass is 514 g/mol. The van der Waals surface area contributed by atoms with E-state index in [2.05, 4.69) is 5.32 Å². The number of rotatable bonds is 9. The van der Waals surface area contributed by atoms with Crippen molar-refractivity contribution in [2.45, 2.75) is 24.8 Å². The van der Waals surface area contributed by atoms with Crippen LogP contribution in [-0.4, -0.2) is 40.7 Å². The molecule has 0 aromatic heterocycles. The summed E-state index contributed by atoms with van der Waals surface area (Å²) in [7, 11) is -4.26. The van der Waals surface area contributed by atoms with Gasteiger partial charge in [-0.1, -0.05) is 18.2 Å². The number of carbonyl (C=O) groups is 1. The van der Waals surface area contributed by atoms with Crippen molar-refractivity contribution in [1.29, 1.82) is 0 Å². The van der Waals surface area contributed by atoms with Gasteiger partial charge in [-0.3, -0.25) is 9.10 Å². The Balaban J connectivity index is 1.58. The average Bonchev–Trinajstić information content (AvgIpc) is 2.87. The minimum atomic E-state index is -4.26. The zero-order valence-corrected chi connectivity index (χ0v) is 20.8. The van der Waals surface area contributed by atoms with Gasteiger partial charge in [0.25, 0.3) is 10.0 Å². The molecular weight excluding hydrogens is 487 g/mol. The van der Waals surface area contributed by atoms with Gasteiger partial charge in [-0.2, -0.15) is 0 Å². The van der Waals surface area contributed by atoms with Crippen LogP contribution in [0, 0.1) is 5.82 Å². The van der Waals surface area contributed by atoms with E-state index >= 15 is 0 Å². The molecule has 0 aliphatic carbocycles. The molecule has 10 heteroatoms. The lowest BCUT2D eigenvalue weighted by atomic mass is 10.1. The van der Waals surface area contributed by atoms with Gasteiger partial charge in [-0.15, -0.1) is 0 Å². The summed E-state index contributed by atoms with van der Waals surface area (Å²) in [5, 5.41) is 2.81. The number of amides is 1. The third-order valence-electron chi connectivity index (χ3n) is 5.55. The Morgan fingerprint density at radius 3 is 2.47 bits per heavy atom. The normalized spacial score (nSPS) is 13.5. The van der Waals surface area contributed by atoms with Gasteiger partial charge >= 0.3 is 0 Å². The van der Waals surface area contributed by atoms with Crippen LogP contribution in [0.4, 0.5) is 10.1 Å². The second kappa shape index (κ2) is 10.9. The highest BCUT2D eigenvalue weighted by molar-refractivity contribution is 7.92. The van der Waals surface area contributed by atoms with E-state index in [1.165, 1.54) is 36.4 Å². The number of nitrogens with zero attached hydrogens (tertiary/aromatic N) is 1. The standard InChI is InChI=1S/C26H27FN2O6S/c1-3-33-22-9-7-19(8-10-22)18(2)28-26(30)17-29(21-6-4-5-20(27)15-21)36(31,32)23-11-12-24-25(16-23)35-14-13-34-24/h4-12,15-16,18H,3,13-14,17H2,1-2H3,(H,28,30). The minimum Gasteiger partial charge on any atom is -0.494 e. The summed E-state index contributed by atoms with van der Waals surface area (Å²) >= 11 is 0. The number of sulfonamides is 1.